The summed E-state index contributed by atoms with van der Waals surface area (Å²) < 4.78 is 7.54. The van der Waals surface area contributed by atoms with E-state index in [1.165, 1.54) is 11.8 Å². The second kappa shape index (κ2) is 10.3. The number of aliphatic imine (C=N–C) groups is 1. The number of carbonyl (C=O) groups excluding carboxylic acids is 1. The molecule has 2 saturated heterocycles. The van der Waals surface area contributed by atoms with Gasteiger partial charge in [-0.15, -0.1) is 0 Å². The van der Waals surface area contributed by atoms with Gasteiger partial charge < -0.3 is 14.2 Å². The van der Waals surface area contributed by atoms with Gasteiger partial charge in [-0.25, -0.2) is 4.99 Å². The molecule has 0 unspecified atom stereocenters. The van der Waals surface area contributed by atoms with Crippen LogP contribution in [-0.2, 0) is 9.53 Å². The minimum absolute atomic E-state index is 0.0666. The first kappa shape index (κ1) is 25.0. The summed E-state index contributed by atoms with van der Waals surface area (Å²) in [6.07, 6.45) is 1.93. The Morgan fingerprint density at radius 2 is 1.67 bits per heavy atom. The van der Waals surface area contributed by atoms with E-state index in [1.54, 1.807) is 18.0 Å². The molecule has 0 atom stereocenters. The van der Waals surface area contributed by atoms with Gasteiger partial charge >= 0.3 is 0 Å². The number of aryl methyl sites for hydroxylation is 1. The zero-order chi connectivity index (χ0) is 25.4. The van der Waals surface area contributed by atoms with Crippen LogP contribution >= 0.6 is 35.0 Å². The highest BCUT2D eigenvalue weighted by atomic mass is 35.5. The summed E-state index contributed by atoms with van der Waals surface area (Å²) in [7, 11) is 1.76. The van der Waals surface area contributed by atoms with Crippen molar-refractivity contribution in [1.82, 2.24) is 9.47 Å². The van der Waals surface area contributed by atoms with E-state index < -0.39 is 0 Å². The molecule has 0 radical (unpaired) electrons. The monoisotopic (exact) mass is 540 g/mol. The highest BCUT2D eigenvalue weighted by Crippen LogP contribution is 2.35. The van der Waals surface area contributed by atoms with Crippen molar-refractivity contribution >= 4 is 63.5 Å². The smallest absolute Gasteiger partial charge is 0.266 e. The molecule has 0 spiro atoms. The van der Waals surface area contributed by atoms with Gasteiger partial charge in [0.05, 0.1) is 33.9 Å². The van der Waals surface area contributed by atoms with Gasteiger partial charge in [-0.05, 0) is 85.8 Å². The quantitative estimate of drug-likeness (QED) is 0.355. The van der Waals surface area contributed by atoms with Crippen LogP contribution in [-0.4, -0.2) is 53.9 Å². The van der Waals surface area contributed by atoms with E-state index in [9.17, 15) is 4.79 Å². The number of amidine groups is 1. The van der Waals surface area contributed by atoms with Crippen molar-refractivity contribution in [2.45, 2.75) is 13.8 Å². The molecule has 2 aromatic carbocycles. The van der Waals surface area contributed by atoms with Crippen molar-refractivity contribution < 1.29 is 9.53 Å². The third-order valence-electron chi connectivity index (χ3n) is 6.37. The first-order chi connectivity index (χ1) is 17.3. The Bertz CT molecular complexity index is 1380. The Labute approximate surface area is 225 Å². The fraction of sp³-hybridized carbons (Fsp3) is 0.259. The van der Waals surface area contributed by atoms with Gasteiger partial charge in [0.25, 0.3) is 5.91 Å². The van der Waals surface area contributed by atoms with Crippen LogP contribution in [0.25, 0.3) is 11.8 Å². The number of likely N-dealkylation sites (N-methyl/N-ethyl adjacent to an activating group) is 1. The zero-order valence-corrected chi connectivity index (χ0v) is 22.6. The number of morpholine rings is 1. The molecule has 0 N–H and O–H groups in total. The van der Waals surface area contributed by atoms with Gasteiger partial charge in [-0.2, -0.15) is 0 Å². The molecule has 0 aliphatic carbocycles. The number of hydrogen-bond acceptors (Lipinski definition) is 5. The standard InChI is InChI=1S/C27H26Cl2N4O2S/c1-17-14-19(18(2)33(17)22-8-9-23(28)24(29)16-22)15-25-26(34)31(3)27(36-25)30-20-4-6-21(7-5-20)32-10-12-35-13-11-32/h4-9,14-16H,10-13H2,1-3H3/b25-15+,30-27?. The fourth-order valence-electron chi connectivity index (χ4n) is 4.42. The lowest BCUT2D eigenvalue weighted by molar-refractivity contribution is -0.121. The van der Waals surface area contributed by atoms with Gasteiger partial charge in [-0.1, -0.05) is 23.2 Å². The maximum absolute atomic E-state index is 13.0. The van der Waals surface area contributed by atoms with Crippen LogP contribution in [0.15, 0.2) is 58.4 Å². The molecule has 186 valence electrons. The van der Waals surface area contributed by atoms with Gasteiger partial charge in [-0.3, -0.25) is 9.69 Å². The van der Waals surface area contributed by atoms with E-state index in [4.69, 9.17) is 32.9 Å². The summed E-state index contributed by atoms with van der Waals surface area (Å²) in [4.78, 5) is 22.3. The molecule has 6 nitrogen and oxygen atoms in total. The molecule has 2 aliphatic heterocycles. The molecule has 2 aliphatic rings. The molecule has 3 heterocycles. The Morgan fingerprint density at radius 1 is 0.972 bits per heavy atom. The van der Waals surface area contributed by atoms with Crippen molar-refractivity contribution in [3.8, 4) is 5.69 Å². The fourth-order valence-corrected chi connectivity index (χ4v) is 5.69. The highest BCUT2D eigenvalue weighted by molar-refractivity contribution is 8.18. The minimum atomic E-state index is -0.0666. The molecule has 36 heavy (non-hydrogen) atoms. The summed E-state index contributed by atoms with van der Waals surface area (Å²) in [5.41, 5.74) is 5.92. The Kier molecular flexibility index (Phi) is 7.17. The number of ether oxygens (including phenoxy) is 1. The molecular weight excluding hydrogens is 515 g/mol. The topological polar surface area (TPSA) is 50.1 Å². The van der Waals surface area contributed by atoms with E-state index >= 15 is 0 Å². The van der Waals surface area contributed by atoms with E-state index in [2.05, 4.69) is 27.7 Å². The maximum atomic E-state index is 13.0. The van der Waals surface area contributed by atoms with Crippen LogP contribution in [0.3, 0.4) is 0 Å². The molecule has 3 aromatic rings. The number of carbonyl (C=O) groups is 1. The van der Waals surface area contributed by atoms with Crippen LogP contribution in [0.1, 0.15) is 17.0 Å². The first-order valence-electron chi connectivity index (χ1n) is 11.7. The van der Waals surface area contributed by atoms with Gasteiger partial charge in [0, 0.05) is 42.9 Å². The van der Waals surface area contributed by atoms with Gasteiger partial charge in [0.15, 0.2) is 5.17 Å². The zero-order valence-electron chi connectivity index (χ0n) is 20.3. The first-order valence-corrected chi connectivity index (χ1v) is 13.2. The van der Waals surface area contributed by atoms with Crippen molar-refractivity contribution in [2.75, 3.05) is 38.3 Å². The summed E-state index contributed by atoms with van der Waals surface area (Å²) >= 11 is 13.7. The molecule has 2 fully saturated rings. The van der Waals surface area contributed by atoms with E-state index in [-0.39, 0.29) is 5.91 Å². The predicted molar refractivity (Wildman–Crippen MR) is 150 cm³/mol. The lowest BCUT2D eigenvalue weighted by atomic mass is 10.2. The van der Waals surface area contributed by atoms with Crippen LogP contribution < -0.4 is 4.90 Å². The number of thioether (sulfide) groups is 1. The Hall–Kier alpha value is -2.71. The number of anilines is 1. The SMILES string of the molecule is Cc1cc(/C=C2/SC(=Nc3ccc(N4CCOCC4)cc3)N(C)C2=O)c(C)n1-c1ccc(Cl)c(Cl)c1. The van der Waals surface area contributed by atoms with E-state index in [1.807, 2.05) is 44.2 Å². The maximum Gasteiger partial charge on any atom is 0.266 e. The van der Waals surface area contributed by atoms with Crippen molar-refractivity contribution in [3.05, 3.63) is 80.4 Å². The third-order valence-corrected chi connectivity index (χ3v) is 8.17. The third kappa shape index (κ3) is 4.93. The average Bonchev–Trinajstić information content (AvgIpc) is 3.31. The highest BCUT2D eigenvalue weighted by Gasteiger charge is 2.31. The lowest BCUT2D eigenvalue weighted by Crippen LogP contribution is -2.36. The van der Waals surface area contributed by atoms with Gasteiger partial charge in [0.1, 0.15) is 0 Å². The van der Waals surface area contributed by atoms with E-state index in [0.29, 0.717) is 20.1 Å². The number of aromatic nitrogens is 1. The van der Waals surface area contributed by atoms with Crippen molar-refractivity contribution in [1.29, 1.82) is 0 Å². The lowest BCUT2D eigenvalue weighted by Gasteiger charge is -2.28. The van der Waals surface area contributed by atoms with Crippen LogP contribution in [0.4, 0.5) is 11.4 Å². The van der Waals surface area contributed by atoms with Crippen molar-refractivity contribution in [3.63, 3.8) is 0 Å². The van der Waals surface area contributed by atoms with E-state index in [0.717, 1.165) is 60.3 Å². The number of benzene rings is 2. The summed E-state index contributed by atoms with van der Waals surface area (Å²) in [5, 5.41) is 1.68. The summed E-state index contributed by atoms with van der Waals surface area (Å²) in [6.45, 7) is 7.33. The molecule has 0 saturated carbocycles. The number of nitrogens with zero attached hydrogens (tertiary/aromatic N) is 4. The van der Waals surface area contributed by atoms with Gasteiger partial charge in [0.2, 0.25) is 0 Å². The van der Waals surface area contributed by atoms with Crippen LogP contribution in [0.2, 0.25) is 10.0 Å². The van der Waals surface area contributed by atoms with Crippen LogP contribution in [0, 0.1) is 13.8 Å². The molecule has 5 rings (SSSR count). The van der Waals surface area contributed by atoms with Crippen LogP contribution in [0.5, 0.6) is 0 Å². The Morgan fingerprint density at radius 3 is 2.36 bits per heavy atom. The second-order valence-corrected chi connectivity index (χ2v) is 10.6. The summed E-state index contributed by atoms with van der Waals surface area (Å²) in [6, 6.07) is 15.8. The second-order valence-electron chi connectivity index (χ2n) is 8.75. The molecule has 0 bridgehead atoms. The normalized spacial score (nSPS) is 18.6. The summed E-state index contributed by atoms with van der Waals surface area (Å²) in [5.74, 6) is -0.0666. The number of amides is 1. The molecule has 1 aromatic heterocycles. The molecular formula is C27H26Cl2N4O2S. The number of halogens is 2. The largest absolute Gasteiger partial charge is 0.378 e. The molecule has 1 amide bonds. The molecule has 9 heteroatoms. The number of hydrogen-bond donors (Lipinski definition) is 0. The average molecular weight is 542 g/mol. The number of rotatable bonds is 4. The van der Waals surface area contributed by atoms with Crippen molar-refractivity contribution in [2.24, 2.45) is 4.99 Å². The minimum Gasteiger partial charge on any atom is -0.378 e. The predicted octanol–water partition coefficient (Wildman–Crippen LogP) is 6.47. The Balaban J connectivity index is 1.39.